The van der Waals surface area contributed by atoms with Crippen LogP contribution in [0.1, 0.15) is 58.2 Å². The highest BCUT2D eigenvalue weighted by Crippen LogP contribution is 2.29. The van der Waals surface area contributed by atoms with Crippen molar-refractivity contribution >= 4 is 10.0 Å². The van der Waals surface area contributed by atoms with Gasteiger partial charge in [0, 0.05) is 12.0 Å². The standard InChI is InChI=1S/C15H27N3O3S/c1-11(14-17-9-13(21-14)15(2,3)4)18-8-6-7-12(10-18)22(19,20)16-5/h9,11-12,16H,6-8,10H2,1-5H3/t11-,12+/m0/s1. The van der Waals surface area contributed by atoms with Crippen LogP contribution >= 0.6 is 0 Å². The van der Waals surface area contributed by atoms with Crippen LogP contribution in [0.5, 0.6) is 0 Å². The molecule has 6 nitrogen and oxygen atoms in total. The Morgan fingerprint density at radius 1 is 1.45 bits per heavy atom. The number of hydrogen-bond acceptors (Lipinski definition) is 5. The number of aromatic nitrogens is 1. The number of likely N-dealkylation sites (tertiary alicyclic amines) is 1. The number of sulfonamides is 1. The zero-order chi connectivity index (χ0) is 16.5. The predicted octanol–water partition coefficient (Wildman–Crippen LogP) is 2.05. The third-order valence-electron chi connectivity index (χ3n) is 4.30. The Balaban J connectivity index is 2.12. The van der Waals surface area contributed by atoms with Crippen molar-refractivity contribution in [1.82, 2.24) is 14.6 Å². The molecule has 1 saturated heterocycles. The number of rotatable bonds is 4. The fourth-order valence-electron chi connectivity index (χ4n) is 2.72. The van der Waals surface area contributed by atoms with Gasteiger partial charge in [0.2, 0.25) is 15.9 Å². The summed E-state index contributed by atoms with van der Waals surface area (Å²) in [5.74, 6) is 1.51. The Kier molecular flexibility index (Phi) is 4.99. The molecule has 1 fully saturated rings. The van der Waals surface area contributed by atoms with Gasteiger partial charge in [-0.3, -0.25) is 4.90 Å². The molecule has 0 saturated carbocycles. The van der Waals surface area contributed by atoms with E-state index in [4.69, 9.17) is 4.42 Å². The first-order valence-electron chi connectivity index (χ1n) is 7.78. The molecular weight excluding hydrogens is 302 g/mol. The van der Waals surface area contributed by atoms with Crippen molar-refractivity contribution in [1.29, 1.82) is 0 Å². The minimum Gasteiger partial charge on any atom is -0.443 e. The molecule has 0 amide bonds. The monoisotopic (exact) mass is 329 g/mol. The molecule has 2 atom stereocenters. The van der Waals surface area contributed by atoms with Gasteiger partial charge in [0.05, 0.1) is 17.5 Å². The predicted molar refractivity (Wildman–Crippen MR) is 86.2 cm³/mol. The third-order valence-corrected chi connectivity index (χ3v) is 6.13. The maximum Gasteiger partial charge on any atom is 0.215 e. The molecule has 0 aliphatic carbocycles. The molecule has 2 rings (SSSR count). The summed E-state index contributed by atoms with van der Waals surface area (Å²) in [6, 6.07) is -0.0223. The van der Waals surface area contributed by atoms with Crippen LogP contribution in [0.25, 0.3) is 0 Å². The van der Waals surface area contributed by atoms with Crippen LogP contribution < -0.4 is 4.72 Å². The molecule has 1 aliphatic heterocycles. The zero-order valence-corrected chi connectivity index (χ0v) is 14.9. The lowest BCUT2D eigenvalue weighted by atomic mass is 9.94. The second-order valence-electron chi connectivity index (χ2n) is 7.00. The highest BCUT2D eigenvalue weighted by Gasteiger charge is 2.33. The molecule has 0 spiro atoms. The van der Waals surface area contributed by atoms with Gasteiger partial charge in [0.1, 0.15) is 5.76 Å². The van der Waals surface area contributed by atoms with Gasteiger partial charge in [-0.1, -0.05) is 20.8 Å². The number of nitrogens with zero attached hydrogens (tertiary/aromatic N) is 2. The average molecular weight is 329 g/mol. The molecule has 0 radical (unpaired) electrons. The van der Waals surface area contributed by atoms with Crippen molar-refractivity contribution in [3.8, 4) is 0 Å². The first kappa shape index (κ1) is 17.4. The highest BCUT2D eigenvalue weighted by molar-refractivity contribution is 7.90. The Morgan fingerprint density at radius 3 is 2.68 bits per heavy atom. The van der Waals surface area contributed by atoms with Gasteiger partial charge in [-0.15, -0.1) is 0 Å². The van der Waals surface area contributed by atoms with Crippen LogP contribution in [0.4, 0.5) is 0 Å². The largest absolute Gasteiger partial charge is 0.443 e. The van der Waals surface area contributed by atoms with Gasteiger partial charge in [-0.2, -0.15) is 0 Å². The molecule has 1 aliphatic rings. The summed E-state index contributed by atoms with van der Waals surface area (Å²) in [6.45, 7) is 9.64. The molecule has 1 aromatic rings. The van der Waals surface area contributed by atoms with Crippen LogP contribution in [-0.4, -0.2) is 43.7 Å². The summed E-state index contributed by atoms with van der Waals surface area (Å²) in [5, 5.41) is -0.370. The summed E-state index contributed by atoms with van der Waals surface area (Å²) < 4.78 is 32.4. The molecular formula is C15H27N3O3S. The van der Waals surface area contributed by atoms with E-state index in [2.05, 4.69) is 35.4 Å². The first-order valence-corrected chi connectivity index (χ1v) is 9.32. The number of oxazole rings is 1. The number of nitrogens with one attached hydrogen (secondary N) is 1. The van der Waals surface area contributed by atoms with Crippen molar-refractivity contribution in [2.45, 2.75) is 57.2 Å². The molecule has 126 valence electrons. The lowest BCUT2D eigenvalue weighted by Gasteiger charge is -2.35. The number of hydrogen-bond donors (Lipinski definition) is 1. The zero-order valence-electron chi connectivity index (χ0n) is 14.1. The summed E-state index contributed by atoms with van der Waals surface area (Å²) in [7, 11) is -1.76. The van der Waals surface area contributed by atoms with Gasteiger partial charge < -0.3 is 4.42 Å². The minimum atomic E-state index is -3.23. The first-order chi connectivity index (χ1) is 10.1. The summed E-state index contributed by atoms with van der Waals surface area (Å²) >= 11 is 0. The van der Waals surface area contributed by atoms with Gasteiger partial charge in [-0.25, -0.2) is 18.1 Å². The van der Waals surface area contributed by atoms with Crippen molar-refractivity contribution < 1.29 is 12.8 Å². The molecule has 0 unspecified atom stereocenters. The maximum atomic E-state index is 12.0. The van der Waals surface area contributed by atoms with Gasteiger partial charge in [-0.05, 0) is 33.4 Å². The molecule has 0 bridgehead atoms. The Morgan fingerprint density at radius 2 is 2.14 bits per heavy atom. The number of piperidine rings is 1. The summed E-state index contributed by atoms with van der Waals surface area (Å²) in [4.78, 5) is 6.53. The topological polar surface area (TPSA) is 75.4 Å². The van der Waals surface area contributed by atoms with E-state index in [9.17, 15) is 8.42 Å². The lowest BCUT2D eigenvalue weighted by Crippen LogP contribution is -2.46. The quantitative estimate of drug-likeness (QED) is 0.915. The van der Waals surface area contributed by atoms with Crippen LogP contribution in [-0.2, 0) is 15.4 Å². The second-order valence-corrected chi connectivity index (χ2v) is 9.16. The van der Waals surface area contributed by atoms with E-state index in [1.807, 2.05) is 6.92 Å². The van der Waals surface area contributed by atoms with E-state index in [0.717, 1.165) is 18.7 Å². The molecule has 2 heterocycles. The molecule has 1 N–H and O–H groups in total. The van der Waals surface area contributed by atoms with E-state index in [1.54, 1.807) is 6.20 Å². The average Bonchev–Trinajstić information content (AvgIpc) is 2.96. The smallest absolute Gasteiger partial charge is 0.215 e. The van der Waals surface area contributed by atoms with E-state index in [1.165, 1.54) is 7.05 Å². The van der Waals surface area contributed by atoms with E-state index in [-0.39, 0.29) is 16.7 Å². The Labute approximate surface area is 133 Å². The Hall–Kier alpha value is -0.920. The SMILES string of the molecule is CNS(=O)(=O)[C@@H]1CCCN([C@@H](C)c2ncc(C(C)(C)C)o2)C1. The second kappa shape index (κ2) is 6.29. The van der Waals surface area contributed by atoms with Gasteiger partial charge in [0.15, 0.2) is 0 Å². The summed E-state index contributed by atoms with van der Waals surface area (Å²) in [6.07, 6.45) is 3.34. The van der Waals surface area contributed by atoms with E-state index in [0.29, 0.717) is 18.9 Å². The van der Waals surface area contributed by atoms with Crippen molar-refractivity contribution in [3.63, 3.8) is 0 Å². The molecule has 7 heteroatoms. The Bertz CT molecular complexity index is 604. The van der Waals surface area contributed by atoms with Gasteiger partial charge >= 0.3 is 0 Å². The van der Waals surface area contributed by atoms with E-state index < -0.39 is 10.0 Å². The lowest BCUT2D eigenvalue weighted by molar-refractivity contribution is 0.151. The fraction of sp³-hybridized carbons (Fsp3) is 0.800. The summed E-state index contributed by atoms with van der Waals surface area (Å²) in [5.41, 5.74) is -0.0785. The van der Waals surface area contributed by atoms with Crippen LogP contribution in [0.3, 0.4) is 0 Å². The molecule has 22 heavy (non-hydrogen) atoms. The molecule has 0 aromatic carbocycles. The van der Waals surface area contributed by atoms with Crippen LogP contribution in [0.15, 0.2) is 10.6 Å². The highest BCUT2D eigenvalue weighted by atomic mass is 32.2. The molecule has 1 aromatic heterocycles. The normalized spacial score (nSPS) is 22.7. The van der Waals surface area contributed by atoms with Crippen molar-refractivity contribution in [2.75, 3.05) is 20.1 Å². The van der Waals surface area contributed by atoms with Crippen molar-refractivity contribution in [2.24, 2.45) is 0 Å². The van der Waals surface area contributed by atoms with Crippen molar-refractivity contribution in [3.05, 3.63) is 17.8 Å². The van der Waals surface area contributed by atoms with E-state index >= 15 is 0 Å². The third kappa shape index (κ3) is 3.70. The maximum absolute atomic E-state index is 12.0. The van der Waals surface area contributed by atoms with Crippen LogP contribution in [0.2, 0.25) is 0 Å². The van der Waals surface area contributed by atoms with Crippen LogP contribution in [0, 0.1) is 0 Å². The van der Waals surface area contributed by atoms with Gasteiger partial charge in [0.25, 0.3) is 0 Å². The fourth-order valence-corrected chi connectivity index (χ4v) is 3.92. The minimum absolute atomic E-state index is 0.0223.